The molecule has 0 fully saturated rings. The molecule has 0 aliphatic carbocycles. The van der Waals surface area contributed by atoms with Crippen LogP contribution in [0, 0.1) is 6.92 Å². The van der Waals surface area contributed by atoms with Crippen molar-refractivity contribution in [2.75, 3.05) is 12.8 Å². The van der Waals surface area contributed by atoms with Gasteiger partial charge in [-0.1, -0.05) is 78.4 Å². The van der Waals surface area contributed by atoms with Gasteiger partial charge in [0.05, 0.1) is 5.75 Å². The molecule has 0 saturated heterocycles. The lowest BCUT2D eigenvalue weighted by molar-refractivity contribution is -0.139. The summed E-state index contributed by atoms with van der Waals surface area (Å²) in [6, 6.07) is 27.2. The molecule has 0 radical (unpaired) electrons. The van der Waals surface area contributed by atoms with Crippen molar-refractivity contribution in [2.24, 2.45) is 0 Å². The minimum absolute atomic E-state index is 0.0565. The van der Waals surface area contributed by atoms with Gasteiger partial charge in [-0.2, -0.15) is 0 Å². The molecule has 2 amide bonds. The van der Waals surface area contributed by atoms with Crippen LogP contribution in [0.2, 0.25) is 0 Å². The number of hydrogen-bond donors (Lipinski definition) is 1. The van der Waals surface area contributed by atoms with E-state index in [-0.39, 0.29) is 17.6 Å². The molecule has 160 valence electrons. The van der Waals surface area contributed by atoms with Crippen molar-refractivity contribution in [3.05, 3.63) is 102 Å². The van der Waals surface area contributed by atoms with Crippen molar-refractivity contribution >= 4 is 23.6 Å². The zero-order chi connectivity index (χ0) is 22.1. The number of nitrogens with one attached hydrogen (secondary N) is 1. The number of hydrogen-bond acceptors (Lipinski definition) is 3. The zero-order valence-electron chi connectivity index (χ0n) is 18.0. The quantitative estimate of drug-likeness (QED) is 0.508. The first kappa shape index (κ1) is 22.6. The highest BCUT2D eigenvalue weighted by Gasteiger charge is 2.29. The summed E-state index contributed by atoms with van der Waals surface area (Å²) in [6.45, 7) is 2.43. The van der Waals surface area contributed by atoms with E-state index in [9.17, 15) is 9.59 Å². The maximum atomic E-state index is 13.4. The minimum atomic E-state index is -0.585. The maximum absolute atomic E-state index is 13.4. The van der Waals surface area contributed by atoms with Gasteiger partial charge in [0.15, 0.2) is 0 Å². The predicted octanol–water partition coefficient (Wildman–Crippen LogP) is 4.47. The van der Waals surface area contributed by atoms with Crippen molar-refractivity contribution in [1.82, 2.24) is 10.2 Å². The van der Waals surface area contributed by atoms with Crippen LogP contribution in [0.3, 0.4) is 0 Å². The number of benzene rings is 3. The van der Waals surface area contributed by atoms with E-state index >= 15 is 0 Å². The fourth-order valence-corrected chi connectivity index (χ4v) is 4.15. The van der Waals surface area contributed by atoms with E-state index in [1.807, 2.05) is 91.9 Å². The fourth-order valence-electron chi connectivity index (χ4n) is 3.36. The first-order chi connectivity index (χ1) is 15.1. The van der Waals surface area contributed by atoms with Crippen molar-refractivity contribution < 1.29 is 9.59 Å². The van der Waals surface area contributed by atoms with Crippen molar-refractivity contribution in [3.63, 3.8) is 0 Å². The maximum Gasteiger partial charge on any atom is 0.242 e. The number of carbonyl (C=O) groups is 2. The highest BCUT2D eigenvalue weighted by Crippen LogP contribution is 2.21. The second-order valence-electron chi connectivity index (χ2n) is 7.43. The second kappa shape index (κ2) is 11.4. The molecule has 3 aromatic rings. The molecule has 0 saturated carbocycles. The van der Waals surface area contributed by atoms with Gasteiger partial charge in [-0.3, -0.25) is 9.59 Å². The average Bonchev–Trinajstić information content (AvgIpc) is 2.81. The summed E-state index contributed by atoms with van der Waals surface area (Å²) in [5, 5.41) is 2.75. The number of likely N-dealkylation sites (N-methyl/N-ethyl adjacent to an activating group) is 1. The second-order valence-corrected chi connectivity index (χ2v) is 8.48. The van der Waals surface area contributed by atoms with Gasteiger partial charge in [-0.25, -0.2) is 0 Å². The molecule has 0 aliphatic rings. The van der Waals surface area contributed by atoms with E-state index in [0.29, 0.717) is 13.0 Å². The summed E-state index contributed by atoms with van der Waals surface area (Å²) in [7, 11) is 1.62. The largest absolute Gasteiger partial charge is 0.357 e. The van der Waals surface area contributed by atoms with Gasteiger partial charge in [-0.15, -0.1) is 11.8 Å². The van der Waals surface area contributed by atoms with Gasteiger partial charge in [0.1, 0.15) is 6.04 Å². The monoisotopic (exact) mass is 432 g/mol. The topological polar surface area (TPSA) is 49.4 Å². The van der Waals surface area contributed by atoms with E-state index in [2.05, 4.69) is 5.32 Å². The van der Waals surface area contributed by atoms with Gasteiger partial charge in [0, 0.05) is 24.9 Å². The molecule has 0 aromatic heterocycles. The average molecular weight is 433 g/mol. The lowest BCUT2D eigenvalue weighted by Crippen LogP contribution is -2.50. The van der Waals surface area contributed by atoms with E-state index in [1.54, 1.807) is 11.9 Å². The molecular weight excluding hydrogens is 404 g/mol. The normalized spacial score (nSPS) is 11.5. The van der Waals surface area contributed by atoms with E-state index in [4.69, 9.17) is 0 Å². The predicted molar refractivity (Wildman–Crippen MR) is 127 cm³/mol. The van der Waals surface area contributed by atoms with Gasteiger partial charge < -0.3 is 10.2 Å². The third-order valence-corrected chi connectivity index (χ3v) is 6.09. The van der Waals surface area contributed by atoms with Crippen LogP contribution in [0.4, 0.5) is 0 Å². The van der Waals surface area contributed by atoms with E-state index in [1.165, 1.54) is 17.3 Å². The molecule has 31 heavy (non-hydrogen) atoms. The van der Waals surface area contributed by atoms with Crippen molar-refractivity contribution in [3.8, 4) is 0 Å². The summed E-state index contributed by atoms with van der Waals surface area (Å²) < 4.78 is 0. The smallest absolute Gasteiger partial charge is 0.242 e. The molecule has 0 aliphatic heterocycles. The molecular formula is C26H28N2O2S. The number of carbonyl (C=O) groups excluding carboxylic acids is 2. The van der Waals surface area contributed by atoms with E-state index < -0.39 is 6.04 Å². The Morgan fingerprint density at radius 1 is 0.871 bits per heavy atom. The van der Waals surface area contributed by atoms with Gasteiger partial charge in [-0.05, 0) is 30.2 Å². The summed E-state index contributed by atoms with van der Waals surface area (Å²) >= 11 is 1.50. The first-order valence-electron chi connectivity index (χ1n) is 10.3. The third kappa shape index (κ3) is 6.72. The Bertz CT molecular complexity index is 975. The standard InChI is InChI=1S/C26H28N2O2S/c1-20-13-15-23(16-14-20)31-19-25(29)28(18-22-11-7-4-8-12-22)24(26(30)27-2)17-21-9-5-3-6-10-21/h3-16,24H,17-19H2,1-2H3,(H,27,30)/t24-/m1/s1. The zero-order valence-corrected chi connectivity index (χ0v) is 18.8. The van der Waals surface area contributed by atoms with Crippen LogP contribution in [-0.4, -0.2) is 35.6 Å². The van der Waals surface area contributed by atoms with Crippen LogP contribution in [0.25, 0.3) is 0 Å². The number of nitrogens with zero attached hydrogens (tertiary/aromatic N) is 1. The Kier molecular flexibility index (Phi) is 8.30. The lowest BCUT2D eigenvalue weighted by Gasteiger charge is -2.31. The highest BCUT2D eigenvalue weighted by molar-refractivity contribution is 8.00. The molecule has 1 atom stereocenters. The van der Waals surface area contributed by atoms with Crippen LogP contribution in [0.1, 0.15) is 16.7 Å². The minimum Gasteiger partial charge on any atom is -0.357 e. The molecule has 0 spiro atoms. The number of aryl methyl sites for hydroxylation is 1. The molecule has 3 rings (SSSR count). The fraction of sp³-hybridized carbons (Fsp3) is 0.231. The van der Waals surface area contributed by atoms with Crippen LogP contribution in [0.5, 0.6) is 0 Å². The summed E-state index contributed by atoms with van der Waals surface area (Å²) in [5.41, 5.74) is 3.20. The molecule has 0 heterocycles. The van der Waals surface area contributed by atoms with Gasteiger partial charge in [0.2, 0.25) is 11.8 Å². The van der Waals surface area contributed by atoms with Crippen LogP contribution in [-0.2, 0) is 22.6 Å². The first-order valence-corrected chi connectivity index (χ1v) is 11.3. The number of rotatable bonds is 9. The lowest BCUT2D eigenvalue weighted by atomic mass is 10.0. The Morgan fingerprint density at radius 2 is 1.45 bits per heavy atom. The molecule has 0 bridgehead atoms. The van der Waals surface area contributed by atoms with E-state index in [0.717, 1.165) is 16.0 Å². The van der Waals surface area contributed by atoms with Crippen LogP contribution < -0.4 is 5.32 Å². The molecule has 3 aromatic carbocycles. The SMILES string of the molecule is CNC(=O)[C@@H](Cc1ccccc1)N(Cc1ccccc1)C(=O)CSc1ccc(C)cc1. The molecule has 0 unspecified atom stereocenters. The van der Waals surface area contributed by atoms with Gasteiger partial charge >= 0.3 is 0 Å². The summed E-state index contributed by atoms with van der Waals surface area (Å²) in [4.78, 5) is 29.0. The summed E-state index contributed by atoms with van der Waals surface area (Å²) in [6.07, 6.45) is 0.467. The van der Waals surface area contributed by atoms with Crippen molar-refractivity contribution in [2.45, 2.75) is 30.8 Å². The molecule has 4 nitrogen and oxygen atoms in total. The third-order valence-electron chi connectivity index (χ3n) is 5.10. The van der Waals surface area contributed by atoms with Crippen molar-refractivity contribution in [1.29, 1.82) is 0 Å². The molecule has 5 heteroatoms. The number of thioether (sulfide) groups is 1. The molecule has 1 N–H and O–H groups in total. The van der Waals surface area contributed by atoms with Gasteiger partial charge in [0.25, 0.3) is 0 Å². The Hall–Kier alpha value is -3.05. The Labute approximate surface area is 188 Å². The summed E-state index contributed by atoms with van der Waals surface area (Å²) in [5.74, 6) is 0.0606. The van der Waals surface area contributed by atoms with Crippen LogP contribution >= 0.6 is 11.8 Å². The Balaban J connectivity index is 1.83. The van der Waals surface area contributed by atoms with Crippen LogP contribution in [0.15, 0.2) is 89.8 Å². The number of amides is 2. The Morgan fingerprint density at radius 3 is 2.03 bits per heavy atom. The highest BCUT2D eigenvalue weighted by atomic mass is 32.2.